The van der Waals surface area contributed by atoms with E-state index >= 15 is 0 Å². The van der Waals surface area contributed by atoms with Crippen LogP contribution in [-0.2, 0) is 6.61 Å². The molecule has 0 radical (unpaired) electrons. The number of aliphatic hydroxyl groups is 1. The molecule has 0 unspecified atom stereocenters. The van der Waals surface area contributed by atoms with Gasteiger partial charge in [0.1, 0.15) is 6.04 Å². The van der Waals surface area contributed by atoms with Crippen molar-refractivity contribution < 1.29 is 18.3 Å². The first-order valence-electron chi connectivity index (χ1n) is 3.97. The van der Waals surface area contributed by atoms with Gasteiger partial charge in [0.15, 0.2) is 0 Å². The average Bonchev–Trinajstić information content (AvgIpc) is 2.15. The second-order valence-corrected chi connectivity index (χ2v) is 2.92. The Hall–Kier alpha value is -1.07. The van der Waals surface area contributed by atoms with Crippen LogP contribution in [0.2, 0.25) is 0 Å². The summed E-state index contributed by atoms with van der Waals surface area (Å²) in [6.07, 6.45) is -4.45. The van der Waals surface area contributed by atoms with Crippen molar-refractivity contribution in [2.24, 2.45) is 5.73 Å². The van der Waals surface area contributed by atoms with Gasteiger partial charge in [0.2, 0.25) is 0 Å². The molecule has 0 saturated heterocycles. The first-order valence-corrected chi connectivity index (χ1v) is 3.97. The van der Waals surface area contributed by atoms with Crippen LogP contribution in [0, 0.1) is 0 Å². The molecule has 1 aromatic carbocycles. The summed E-state index contributed by atoms with van der Waals surface area (Å²) < 4.78 is 36.5. The minimum absolute atomic E-state index is 0.0379. The third kappa shape index (κ3) is 2.46. The van der Waals surface area contributed by atoms with E-state index in [2.05, 4.69) is 0 Å². The van der Waals surface area contributed by atoms with Crippen LogP contribution < -0.4 is 5.73 Å². The van der Waals surface area contributed by atoms with Crippen LogP contribution in [0.1, 0.15) is 17.2 Å². The van der Waals surface area contributed by atoms with Crippen LogP contribution in [0.15, 0.2) is 24.3 Å². The molecule has 0 fully saturated rings. The fourth-order valence-electron chi connectivity index (χ4n) is 1.07. The quantitative estimate of drug-likeness (QED) is 0.772. The van der Waals surface area contributed by atoms with Crippen LogP contribution in [0.3, 0.4) is 0 Å². The number of hydrogen-bond donors (Lipinski definition) is 2. The molecule has 0 bridgehead atoms. The molecule has 0 aromatic heterocycles. The second kappa shape index (κ2) is 3.98. The molecule has 2 nitrogen and oxygen atoms in total. The molecule has 0 saturated carbocycles. The van der Waals surface area contributed by atoms with Gasteiger partial charge in [-0.25, -0.2) is 0 Å². The van der Waals surface area contributed by atoms with Gasteiger partial charge in [-0.1, -0.05) is 24.3 Å². The van der Waals surface area contributed by atoms with E-state index in [0.717, 1.165) is 0 Å². The SMILES string of the molecule is N[C@H](c1cccc(CO)c1)C(F)(F)F. The van der Waals surface area contributed by atoms with Gasteiger partial charge in [0.25, 0.3) is 0 Å². The third-order valence-electron chi connectivity index (χ3n) is 1.85. The summed E-state index contributed by atoms with van der Waals surface area (Å²) in [5.41, 5.74) is 5.37. The van der Waals surface area contributed by atoms with E-state index in [1.54, 1.807) is 0 Å². The maximum atomic E-state index is 12.2. The summed E-state index contributed by atoms with van der Waals surface area (Å²) in [6, 6.07) is 3.52. The fourth-order valence-corrected chi connectivity index (χ4v) is 1.07. The lowest BCUT2D eigenvalue weighted by Crippen LogP contribution is -2.28. The highest BCUT2D eigenvalue weighted by Gasteiger charge is 2.37. The summed E-state index contributed by atoms with van der Waals surface area (Å²) in [4.78, 5) is 0. The largest absolute Gasteiger partial charge is 0.407 e. The van der Waals surface area contributed by atoms with E-state index in [0.29, 0.717) is 5.56 Å². The zero-order chi connectivity index (χ0) is 10.8. The Morgan fingerprint density at radius 1 is 1.36 bits per heavy atom. The predicted molar refractivity (Wildman–Crippen MR) is 45.3 cm³/mol. The van der Waals surface area contributed by atoms with Gasteiger partial charge in [-0.05, 0) is 11.1 Å². The number of rotatable bonds is 2. The normalized spacial score (nSPS) is 14.1. The van der Waals surface area contributed by atoms with Crippen LogP contribution in [0.5, 0.6) is 0 Å². The molecule has 0 aliphatic carbocycles. The summed E-state index contributed by atoms with van der Waals surface area (Å²) in [5.74, 6) is 0. The van der Waals surface area contributed by atoms with Crippen molar-refractivity contribution in [3.8, 4) is 0 Å². The highest BCUT2D eigenvalue weighted by Crippen LogP contribution is 2.30. The van der Waals surface area contributed by atoms with E-state index in [1.807, 2.05) is 0 Å². The number of aliphatic hydroxyl groups excluding tert-OH is 1. The molecular weight excluding hydrogens is 195 g/mol. The van der Waals surface area contributed by atoms with Gasteiger partial charge in [0, 0.05) is 0 Å². The summed E-state index contributed by atoms with van der Waals surface area (Å²) in [5, 5.41) is 8.72. The number of alkyl halides is 3. The predicted octanol–water partition coefficient (Wildman–Crippen LogP) is 1.74. The van der Waals surface area contributed by atoms with Gasteiger partial charge in [-0.2, -0.15) is 13.2 Å². The molecule has 1 aromatic rings. The molecule has 1 atom stereocenters. The van der Waals surface area contributed by atoms with Gasteiger partial charge < -0.3 is 10.8 Å². The lowest BCUT2D eigenvalue weighted by atomic mass is 10.0. The molecule has 0 aliphatic heterocycles. The number of benzene rings is 1. The molecule has 1 rings (SSSR count). The van der Waals surface area contributed by atoms with Crippen LogP contribution in [0.4, 0.5) is 13.2 Å². The fraction of sp³-hybridized carbons (Fsp3) is 0.333. The molecular formula is C9H10F3NO. The summed E-state index contributed by atoms with van der Waals surface area (Å²) in [6.45, 7) is -0.293. The zero-order valence-corrected chi connectivity index (χ0v) is 7.25. The maximum Gasteiger partial charge on any atom is 0.407 e. The average molecular weight is 205 g/mol. The standard InChI is InChI=1S/C9H10F3NO/c10-9(11,12)8(13)7-3-1-2-6(4-7)5-14/h1-4,8,14H,5,13H2/t8-/m1/s1. The Balaban J connectivity index is 2.95. The molecule has 0 amide bonds. The lowest BCUT2D eigenvalue weighted by molar-refractivity contribution is -0.149. The monoisotopic (exact) mass is 205 g/mol. The Bertz CT molecular complexity index is 311. The molecule has 5 heteroatoms. The second-order valence-electron chi connectivity index (χ2n) is 2.92. The van der Waals surface area contributed by atoms with Crippen molar-refractivity contribution >= 4 is 0 Å². The molecule has 3 N–H and O–H groups in total. The molecule has 0 heterocycles. The van der Waals surface area contributed by atoms with E-state index in [-0.39, 0.29) is 12.2 Å². The van der Waals surface area contributed by atoms with Gasteiger partial charge in [0.05, 0.1) is 6.61 Å². The minimum Gasteiger partial charge on any atom is -0.392 e. The van der Waals surface area contributed by atoms with Crippen LogP contribution in [-0.4, -0.2) is 11.3 Å². The van der Waals surface area contributed by atoms with Crippen molar-refractivity contribution in [3.05, 3.63) is 35.4 Å². The topological polar surface area (TPSA) is 46.2 Å². The molecule has 14 heavy (non-hydrogen) atoms. The highest BCUT2D eigenvalue weighted by molar-refractivity contribution is 5.26. The third-order valence-corrected chi connectivity index (χ3v) is 1.85. The Morgan fingerprint density at radius 2 is 2.00 bits per heavy atom. The number of halogens is 3. The Kier molecular flexibility index (Phi) is 3.13. The maximum absolute atomic E-state index is 12.2. The van der Waals surface area contributed by atoms with Gasteiger partial charge >= 0.3 is 6.18 Å². The molecule has 0 spiro atoms. The highest BCUT2D eigenvalue weighted by atomic mass is 19.4. The minimum atomic E-state index is -4.45. The smallest absolute Gasteiger partial charge is 0.392 e. The first-order chi connectivity index (χ1) is 6.45. The zero-order valence-electron chi connectivity index (χ0n) is 7.25. The van der Waals surface area contributed by atoms with Crippen LogP contribution in [0.25, 0.3) is 0 Å². The Labute approximate surface area is 79.2 Å². The number of nitrogens with two attached hydrogens (primary N) is 1. The number of hydrogen-bond acceptors (Lipinski definition) is 2. The van der Waals surface area contributed by atoms with E-state index < -0.39 is 12.2 Å². The summed E-state index contributed by atoms with van der Waals surface area (Å²) in [7, 11) is 0. The lowest BCUT2D eigenvalue weighted by Gasteiger charge is -2.16. The van der Waals surface area contributed by atoms with Crippen molar-refractivity contribution in [2.45, 2.75) is 18.8 Å². The van der Waals surface area contributed by atoms with E-state index in [9.17, 15) is 13.2 Å². The van der Waals surface area contributed by atoms with Crippen LogP contribution >= 0.6 is 0 Å². The first kappa shape index (κ1) is 11.0. The Morgan fingerprint density at radius 3 is 2.50 bits per heavy atom. The van der Waals surface area contributed by atoms with Crippen molar-refractivity contribution in [1.82, 2.24) is 0 Å². The molecule has 0 aliphatic rings. The van der Waals surface area contributed by atoms with E-state index in [1.165, 1.54) is 24.3 Å². The van der Waals surface area contributed by atoms with Crippen molar-refractivity contribution in [2.75, 3.05) is 0 Å². The van der Waals surface area contributed by atoms with E-state index in [4.69, 9.17) is 10.8 Å². The summed E-state index contributed by atoms with van der Waals surface area (Å²) >= 11 is 0. The van der Waals surface area contributed by atoms with Crippen molar-refractivity contribution in [3.63, 3.8) is 0 Å². The molecule has 78 valence electrons. The van der Waals surface area contributed by atoms with Crippen molar-refractivity contribution in [1.29, 1.82) is 0 Å². The van der Waals surface area contributed by atoms with Gasteiger partial charge in [-0.3, -0.25) is 0 Å². The van der Waals surface area contributed by atoms with Gasteiger partial charge in [-0.15, -0.1) is 0 Å².